The van der Waals surface area contributed by atoms with Gasteiger partial charge in [-0.15, -0.1) is 0 Å². The van der Waals surface area contributed by atoms with Crippen LogP contribution in [0, 0.1) is 16.0 Å². The molecule has 0 unspecified atom stereocenters. The second-order valence-electron chi connectivity index (χ2n) is 7.06. The number of amides is 1. The molecule has 0 radical (unpaired) electrons. The lowest BCUT2D eigenvalue weighted by molar-refractivity contribution is -0.384. The average Bonchev–Trinajstić information content (AvgIpc) is 2.72. The number of hydrogen-bond acceptors (Lipinski definition) is 4. The third-order valence-corrected chi connectivity index (χ3v) is 5.34. The van der Waals surface area contributed by atoms with E-state index >= 15 is 0 Å². The zero-order valence-electron chi connectivity index (χ0n) is 15.8. The van der Waals surface area contributed by atoms with Crippen molar-refractivity contribution in [2.24, 2.45) is 5.92 Å². The van der Waals surface area contributed by atoms with Crippen LogP contribution in [0.3, 0.4) is 0 Å². The number of piperidine rings is 1. The molecule has 1 aliphatic heterocycles. The van der Waals surface area contributed by atoms with Crippen molar-refractivity contribution in [2.45, 2.75) is 25.6 Å². The van der Waals surface area contributed by atoms with Gasteiger partial charge < -0.3 is 10.2 Å². The Morgan fingerprint density at radius 1 is 1.17 bits per heavy atom. The fourth-order valence-corrected chi connectivity index (χ4v) is 3.56. The zero-order chi connectivity index (χ0) is 21.9. The summed E-state index contributed by atoms with van der Waals surface area (Å²) in [5.41, 5.74) is -0.608. The van der Waals surface area contributed by atoms with Crippen LogP contribution in [0.4, 0.5) is 24.5 Å². The summed E-state index contributed by atoms with van der Waals surface area (Å²) in [6.45, 7) is 1.04. The largest absolute Gasteiger partial charge is 0.416 e. The number of alkyl halides is 3. The molecule has 0 atom stereocenters. The Morgan fingerprint density at radius 3 is 2.37 bits per heavy atom. The van der Waals surface area contributed by atoms with Crippen molar-refractivity contribution in [3.8, 4) is 0 Å². The van der Waals surface area contributed by atoms with Crippen molar-refractivity contribution in [3.63, 3.8) is 0 Å². The molecular weight excluding hydrogens is 423 g/mol. The van der Waals surface area contributed by atoms with Crippen molar-refractivity contribution in [2.75, 3.05) is 18.0 Å². The van der Waals surface area contributed by atoms with Crippen LogP contribution in [0.15, 0.2) is 42.5 Å². The molecule has 1 amide bonds. The number of nitrogens with one attached hydrogen (secondary N) is 1. The molecular formula is C20H19ClF3N3O3. The standard InChI is InChI=1S/C20H19ClF3N3O3/c21-16-4-1-13(2-5-16)12-25-19(28)14-7-9-26(10-8-14)17-6-3-15(20(22,23)24)11-18(17)27(29)30/h1-6,11,14H,7-10,12H2,(H,25,28). The van der Waals surface area contributed by atoms with Crippen LogP contribution in [0.25, 0.3) is 0 Å². The summed E-state index contributed by atoms with van der Waals surface area (Å²) in [5, 5.41) is 14.8. The number of hydrogen-bond donors (Lipinski definition) is 1. The number of nitro groups is 1. The van der Waals surface area contributed by atoms with Crippen molar-refractivity contribution in [1.29, 1.82) is 0 Å². The molecule has 2 aromatic carbocycles. The summed E-state index contributed by atoms with van der Waals surface area (Å²) in [7, 11) is 0. The Hall–Kier alpha value is -2.81. The smallest absolute Gasteiger partial charge is 0.366 e. The van der Waals surface area contributed by atoms with Gasteiger partial charge in [0, 0.05) is 36.6 Å². The number of carbonyl (C=O) groups is 1. The SMILES string of the molecule is O=C(NCc1ccc(Cl)cc1)C1CCN(c2ccc(C(F)(F)F)cc2[N+](=O)[O-])CC1. The number of anilines is 1. The molecule has 0 saturated carbocycles. The third-order valence-electron chi connectivity index (χ3n) is 5.09. The van der Waals surface area contributed by atoms with Gasteiger partial charge in [-0.3, -0.25) is 14.9 Å². The quantitative estimate of drug-likeness (QED) is 0.534. The minimum Gasteiger partial charge on any atom is -0.366 e. The maximum absolute atomic E-state index is 12.9. The maximum Gasteiger partial charge on any atom is 0.416 e. The second kappa shape index (κ2) is 8.91. The van der Waals surface area contributed by atoms with E-state index in [4.69, 9.17) is 11.6 Å². The Balaban J connectivity index is 1.61. The molecule has 0 aromatic heterocycles. The first-order valence-electron chi connectivity index (χ1n) is 9.28. The minimum atomic E-state index is -4.65. The molecule has 0 spiro atoms. The van der Waals surface area contributed by atoms with Crippen LogP contribution >= 0.6 is 11.6 Å². The van der Waals surface area contributed by atoms with Crippen LogP contribution in [0.2, 0.25) is 5.02 Å². The number of benzene rings is 2. The molecule has 1 aliphatic rings. The number of nitrogens with zero attached hydrogens (tertiary/aromatic N) is 2. The molecule has 1 fully saturated rings. The highest BCUT2D eigenvalue weighted by Gasteiger charge is 2.34. The number of carbonyl (C=O) groups excluding carboxylic acids is 1. The summed E-state index contributed by atoms with van der Waals surface area (Å²) in [5.74, 6) is -0.381. The monoisotopic (exact) mass is 441 g/mol. The summed E-state index contributed by atoms with van der Waals surface area (Å²) >= 11 is 5.83. The lowest BCUT2D eigenvalue weighted by atomic mass is 9.95. The topological polar surface area (TPSA) is 75.5 Å². The maximum atomic E-state index is 12.9. The summed E-state index contributed by atoms with van der Waals surface area (Å²) in [4.78, 5) is 24.6. The lowest BCUT2D eigenvalue weighted by Crippen LogP contribution is -2.40. The molecule has 160 valence electrons. The molecule has 3 rings (SSSR count). The van der Waals surface area contributed by atoms with Gasteiger partial charge in [0.1, 0.15) is 5.69 Å². The summed E-state index contributed by atoms with van der Waals surface area (Å²) < 4.78 is 38.6. The van der Waals surface area contributed by atoms with E-state index in [0.29, 0.717) is 43.6 Å². The normalized spacial score (nSPS) is 15.1. The zero-order valence-corrected chi connectivity index (χ0v) is 16.5. The fourth-order valence-electron chi connectivity index (χ4n) is 3.43. The number of halogens is 4. The highest BCUT2D eigenvalue weighted by Crippen LogP contribution is 2.37. The predicted octanol–water partition coefficient (Wildman–Crippen LogP) is 4.80. The van der Waals surface area contributed by atoms with Crippen LogP contribution in [0.5, 0.6) is 0 Å². The molecule has 2 aromatic rings. The van der Waals surface area contributed by atoms with Gasteiger partial charge in [-0.05, 0) is 42.7 Å². The summed E-state index contributed by atoms with van der Waals surface area (Å²) in [6.07, 6.45) is -3.76. The first kappa shape index (κ1) is 21.9. The van der Waals surface area contributed by atoms with Crippen LogP contribution < -0.4 is 10.2 Å². The van der Waals surface area contributed by atoms with Crippen LogP contribution in [-0.4, -0.2) is 23.9 Å². The molecule has 0 aliphatic carbocycles. The van der Waals surface area contributed by atoms with E-state index < -0.39 is 22.4 Å². The van der Waals surface area contributed by atoms with Crippen LogP contribution in [-0.2, 0) is 17.5 Å². The Bertz CT molecular complexity index is 927. The van der Waals surface area contributed by atoms with E-state index in [0.717, 1.165) is 17.7 Å². The average molecular weight is 442 g/mol. The number of nitro benzene ring substituents is 1. The van der Waals surface area contributed by atoms with Gasteiger partial charge in [-0.2, -0.15) is 13.2 Å². The Kier molecular flexibility index (Phi) is 6.50. The molecule has 1 saturated heterocycles. The molecule has 0 bridgehead atoms. The highest BCUT2D eigenvalue weighted by atomic mass is 35.5. The molecule has 6 nitrogen and oxygen atoms in total. The van der Waals surface area contributed by atoms with Gasteiger partial charge in [0.25, 0.3) is 5.69 Å². The van der Waals surface area contributed by atoms with Gasteiger partial charge in [0.05, 0.1) is 10.5 Å². The molecule has 10 heteroatoms. The van der Waals surface area contributed by atoms with Crippen molar-refractivity contribution in [1.82, 2.24) is 5.32 Å². The number of rotatable bonds is 5. The van der Waals surface area contributed by atoms with Crippen molar-refractivity contribution >= 4 is 28.9 Å². The van der Waals surface area contributed by atoms with E-state index in [-0.39, 0.29) is 17.5 Å². The van der Waals surface area contributed by atoms with Gasteiger partial charge in [0.2, 0.25) is 5.91 Å². The predicted molar refractivity (Wildman–Crippen MR) is 106 cm³/mol. The van der Waals surface area contributed by atoms with Gasteiger partial charge in [0.15, 0.2) is 0 Å². The highest BCUT2D eigenvalue weighted by molar-refractivity contribution is 6.30. The van der Waals surface area contributed by atoms with E-state index in [2.05, 4.69) is 5.32 Å². The molecule has 30 heavy (non-hydrogen) atoms. The van der Waals surface area contributed by atoms with Crippen LogP contribution in [0.1, 0.15) is 24.0 Å². The van der Waals surface area contributed by atoms with E-state index in [1.54, 1.807) is 17.0 Å². The van der Waals surface area contributed by atoms with Gasteiger partial charge in [-0.25, -0.2) is 0 Å². The first-order chi connectivity index (χ1) is 14.1. The van der Waals surface area contributed by atoms with Crippen molar-refractivity contribution in [3.05, 3.63) is 68.7 Å². The van der Waals surface area contributed by atoms with E-state index in [1.165, 1.54) is 0 Å². The van der Waals surface area contributed by atoms with Gasteiger partial charge in [-0.1, -0.05) is 23.7 Å². The fraction of sp³-hybridized carbons (Fsp3) is 0.350. The molecule has 1 N–H and O–H groups in total. The second-order valence-corrected chi connectivity index (χ2v) is 7.50. The summed E-state index contributed by atoms with van der Waals surface area (Å²) in [6, 6.07) is 9.62. The van der Waals surface area contributed by atoms with Crippen molar-refractivity contribution < 1.29 is 22.9 Å². The minimum absolute atomic E-state index is 0.119. The Labute approximate surface area is 175 Å². The first-order valence-corrected chi connectivity index (χ1v) is 9.65. The Morgan fingerprint density at radius 2 is 1.80 bits per heavy atom. The lowest BCUT2D eigenvalue weighted by Gasteiger charge is -2.32. The van der Waals surface area contributed by atoms with E-state index in [9.17, 15) is 28.1 Å². The van der Waals surface area contributed by atoms with Gasteiger partial charge >= 0.3 is 6.18 Å². The third kappa shape index (κ3) is 5.21. The van der Waals surface area contributed by atoms with E-state index in [1.807, 2.05) is 12.1 Å². The molecule has 1 heterocycles.